The Bertz CT molecular complexity index is 1030. The fraction of sp³-hybridized carbons (Fsp3) is 0. The minimum Gasteiger partial charge on any atom is -0.360 e. The maximum Gasteiger partial charge on any atom is 0.294 e. The van der Waals surface area contributed by atoms with E-state index in [1.54, 1.807) is 6.07 Å². The second-order valence-electron chi connectivity index (χ2n) is 4.90. The Hall–Kier alpha value is -2.93. The molecule has 134 valence electrons. The molecule has 0 atom stereocenters. The maximum atomic E-state index is 13.1. The van der Waals surface area contributed by atoms with Crippen molar-refractivity contribution in [2.75, 3.05) is 10.6 Å². The van der Waals surface area contributed by atoms with Gasteiger partial charge in [-0.3, -0.25) is 9.35 Å². The number of rotatable bonds is 5. The van der Waals surface area contributed by atoms with E-state index in [4.69, 9.17) is 21.4 Å². The van der Waals surface area contributed by atoms with Crippen LogP contribution in [0.4, 0.5) is 15.8 Å². The first-order valence-electron chi connectivity index (χ1n) is 6.91. The van der Waals surface area contributed by atoms with Gasteiger partial charge in [-0.05, 0) is 36.4 Å². The molecule has 0 aliphatic heterocycles. The van der Waals surface area contributed by atoms with Crippen LogP contribution in [0.5, 0.6) is 0 Å². The lowest BCUT2D eigenvalue weighted by molar-refractivity contribution is -0.112. The molecule has 3 N–H and O–H groups in total. The van der Waals surface area contributed by atoms with Gasteiger partial charge < -0.3 is 10.6 Å². The molecule has 0 fully saturated rings. The number of hydrogen-bond acceptors (Lipinski definition) is 5. The number of nitriles is 1. The van der Waals surface area contributed by atoms with E-state index in [9.17, 15) is 17.6 Å². The van der Waals surface area contributed by atoms with Crippen molar-refractivity contribution >= 4 is 39.0 Å². The van der Waals surface area contributed by atoms with Crippen LogP contribution in [0.3, 0.4) is 0 Å². The van der Waals surface area contributed by atoms with E-state index in [1.165, 1.54) is 24.3 Å². The van der Waals surface area contributed by atoms with Crippen LogP contribution in [-0.4, -0.2) is 18.9 Å². The zero-order valence-corrected chi connectivity index (χ0v) is 14.5. The Morgan fingerprint density at radius 1 is 1.23 bits per heavy atom. The van der Waals surface area contributed by atoms with Gasteiger partial charge in [0.15, 0.2) is 0 Å². The smallest absolute Gasteiger partial charge is 0.294 e. The Morgan fingerprint density at radius 2 is 1.96 bits per heavy atom. The van der Waals surface area contributed by atoms with Crippen LogP contribution in [0.2, 0.25) is 5.02 Å². The maximum absolute atomic E-state index is 13.1. The Morgan fingerprint density at radius 3 is 2.58 bits per heavy atom. The van der Waals surface area contributed by atoms with E-state index < -0.39 is 26.7 Å². The lowest BCUT2D eigenvalue weighted by Crippen LogP contribution is -2.15. The van der Waals surface area contributed by atoms with E-state index in [2.05, 4.69) is 10.6 Å². The van der Waals surface area contributed by atoms with Crippen LogP contribution < -0.4 is 10.6 Å². The van der Waals surface area contributed by atoms with Crippen molar-refractivity contribution in [3.8, 4) is 6.07 Å². The fourth-order valence-electron chi connectivity index (χ4n) is 1.82. The molecular formula is C16H11ClFN3O4S. The monoisotopic (exact) mass is 395 g/mol. The molecule has 0 heterocycles. The summed E-state index contributed by atoms with van der Waals surface area (Å²) in [5, 5.41) is 13.9. The summed E-state index contributed by atoms with van der Waals surface area (Å²) in [5.41, 5.74) is 0.0872. The zero-order valence-electron chi connectivity index (χ0n) is 12.9. The molecule has 2 aromatic carbocycles. The molecule has 0 bridgehead atoms. The largest absolute Gasteiger partial charge is 0.360 e. The molecule has 0 radical (unpaired) electrons. The van der Waals surface area contributed by atoms with Gasteiger partial charge >= 0.3 is 0 Å². The molecular weight excluding hydrogens is 385 g/mol. The second-order valence-corrected chi connectivity index (χ2v) is 6.73. The third-order valence-corrected chi connectivity index (χ3v) is 4.20. The topological polar surface area (TPSA) is 119 Å². The predicted octanol–water partition coefficient (Wildman–Crippen LogP) is 3.18. The van der Waals surface area contributed by atoms with Crippen molar-refractivity contribution < 1.29 is 22.2 Å². The Balaban J connectivity index is 2.16. The molecule has 2 aromatic rings. The van der Waals surface area contributed by atoms with Gasteiger partial charge in [-0.15, -0.1) is 0 Å². The highest BCUT2D eigenvalue weighted by molar-refractivity contribution is 7.85. The highest BCUT2D eigenvalue weighted by Crippen LogP contribution is 2.20. The standard InChI is InChI=1S/C16H11ClFN3O4S/c17-14-7-11(4-5-15(14)18)20-9-10(8-19)16(22)21-12-2-1-3-13(6-12)26(23,24)25/h1-7,9,20H,(H,21,22)(H,23,24,25)/b10-9-. The molecule has 0 aliphatic rings. The quantitative estimate of drug-likeness (QED) is 0.406. The first-order valence-corrected chi connectivity index (χ1v) is 8.73. The first kappa shape index (κ1) is 19.4. The van der Waals surface area contributed by atoms with E-state index in [-0.39, 0.29) is 16.3 Å². The van der Waals surface area contributed by atoms with Crippen LogP contribution in [0.15, 0.2) is 59.1 Å². The number of anilines is 2. The average Bonchev–Trinajstić information content (AvgIpc) is 2.58. The van der Waals surface area contributed by atoms with Crippen molar-refractivity contribution in [3.63, 3.8) is 0 Å². The molecule has 7 nitrogen and oxygen atoms in total. The third kappa shape index (κ3) is 5.03. The second kappa shape index (κ2) is 7.97. The summed E-state index contributed by atoms with van der Waals surface area (Å²) >= 11 is 5.64. The lowest BCUT2D eigenvalue weighted by Gasteiger charge is -2.07. The number of benzene rings is 2. The van der Waals surface area contributed by atoms with Crippen LogP contribution in [0.25, 0.3) is 0 Å². The summed E-state index contributed by atoms with van der Waals surface area (Å²) in [5.74, 6) is -1.43. The van der Waals surface area contributed by atoms with Crippen molar-refractivity contribution in [1.82, 2.24) is 0 Å². The molecule has 10 heteroatoms. The van der Waals surface area contributed by atoms with E-state index in [0.717, 1.165) is 24.4 Å². The minimum absolute atomic E-state index is 0.0658. The summed E-state index contributed by atoms with van der Waals surface area (Å²) in [6, 6.07) is 10.3. The SMILES string of the molecule is N#C/C(=C/Nc1ccc(F)c(Cl)c1)C(=O)Nc1cccc(S(=O)(=O)O)c1. The van der Waals surface area contributed by atoms with Gasteiger partial charge in [-0.25, -0.2) is 4.39 Å². The van der Waals surface area contributed by atoms with E-state index in [0.29, 0.717) is 5.69 Å². The van der Waals surface area contributed by atoms with Crippen molar-refractivity contribution in [2.24, 2.45) is 0 Å². The van der Waals surface area contributed by atoms with Gasteiger partial charge in [0.1, 0.15) is 17.5 Å². The van der Waals surface area contributed by atoms with Gasteiger partial charge in [0.2, 0.25) is 0 Å². The Labute approximate surface area is 153 Å². The first-order chi connectivity index (χ1) is 12.2. The summed E-state index contributed by atoms with van der Waals surface area (Å²) in [4.78, 5) is 11.7. The van der Waals surface area contributed by atoms with Gasteiger partial charge in [-0.2, -0.15) is 13.7 Å². The molecule has 0 saturated carbocycles. The summed E-state index contributed by atoms with van der Waals surface area (Å²) < 4.78 is 44.3. The number of carbonyl (C=O) groups is 1. The molecule has 2 rings (SSSR count). The highest BCUT2D eigenvalue weighted by atomic mass is 35.5. The number of hydrogen-bond donors (Lipinski definition) is 3. The van der Waals surface area contributed by atoms with Crippen LogP contribution in [0, 0.1) is 17.1 Å². The molecule has 0 saturated heterocycles. The third-order valence-electron chi connectivity index (χ3n) is 3.06. The van der Waals surface area contributed by atoms with Crippen LogP contribution >= 0.6 is 11.6 Å². The number of nitrogens with zero attached hydrogens (tertiary/aromatic N) is 1. The summed E-state index contributed by atoms with van der Waals surface area (Å²) in [6.45, 7) is 0. The lowest BCUT2D eigenvalue weighted by atomic mass is 10.2. The van der Waals surface area contributed by atoms with Gasteiger partial charge in [0, 0.05) is 17.6 Å². The molecule has 0 unspecified atom stereocenters. The molecule has 1 amide bonds. The van der Waals surface area contributed by atoms with Crippen LogP contribution in [-0.2, 0) is 14.9 Å². The van der Waals surface area contributed by atoms with E-state index in [1.807, 2.05) is 0 Å². The van der Waals surface area contributed by atoms with Crippen LogP contribution in [0.1, 0.15) is 0 Å². The Kier molecular flexibility index (Phi) is 5.94. The van der Waals surface area contributed by atoms with Gasteiger partial charge in [-0.1, -0.05) is 17.7 Å². The minimum atomic E-state index is -4.43. The summed E-state index contributed by atoms with van der Waals surface area (Å²) in [7, 11) is -4.43. The highest BCUT2D eigenvalue weighted by Gasteiger charge is 2.13. The van der Waals surface area contributed by atoms with Crippen molar-refractivity contribution in [1.29, 1.82) is 5.26 Å². The average molecular weight is 396 g/mol. The molecule has 0 aliphatic carbocycles. The summed E-state index contributed by atoms with van der Waals surface area (Å²) in [6.07, 6.45) is 1.09. The zero-order chi connectivity index (χ0) is 19.3. The number of nitrogens with one attached hydrogen (secondary N) is 2. The van der Waals surface area contributed by atoms with Crippen molar-refractivity contribution in [3.05, 3.63) is 65.1 Å². The van der Waals surface area contributed by atoms with Crippen molar-refractivity contribution in [2.45, 2.75) is 4.90 Å². The van der Waals surface area contributed by atoms with Gasteiger partial charge in [0.25, 0.3) is 16.0 Å². The van der Waals surface area contributed by atoms with E-state index >= 15 is 0 Å². The fourth-order valence-corrected chi connectivity index (χ4v) is 2.53. The predicted molar refractivity (Wildman–Crippen MR) is 93.6 cm³/mol. The molecule has 26 heavy (non-hydrogen) atoms. The number of halogens is 2. The normalized spacial score (nSPS) is 11.5. The number of carbonyl (C=O) groups excluding carboxylic acids is 1. The molecule has 0 aromatic heterocycles. The number of amides is 1. The molecule has 0 spiro atoms. The van der Waals surface area contributed by atoms with Gasteiger partial charge in [0.05, 0.1) is 9.92 Å².